The molecule has 1 saturated carbocycles. The van der Waals surface area contributed by atoms with E-state index in [9.17, 15) is 4.79 Å². The van der Waals surface area contributed by atoms with Gasteiger partial charge in [-0.05, 0) is 25.7 Å². The monoisotopic (exact) mass is 203 g/mol. The number of carbonyl (C=O) groups excluding carboxylic acids is 1. The topological polar surface area (TPSA) is 29.1 Å². The van der Waals surface area contributed by atoms with Crippen LogP contribution in [0.15, 0.2) is 0 Å². The van der Waals surface area contributed by atoms with E-state index >= 15 is 0 Å². The van der Waals surface area contributed by atoms with E-state index in [-0.39, 0.29) is 11.8 Å². The Kier molecular flexibility index (Phi) is 4.04. The van der Waals surface area contributed by atoms with Crippen LogP contribution in [0.25, 0.3) is 0 Å². The lowest BCUT2D eigenvalue weighted by atomic mass is 9.94. The predicted molar refractivity (Wildman–Crippen MR) is 54.9 cm³/mol. The standard InChI is InChI=1S/C10H18ClNO/c1-7(2)10(13)12-9-5-3-8(11)4-6-9/h7-9H,3-6H2,1-2H3,(H,12,13). The lowest BCUT2D eigenvalue weighted by Crippen LogP contribution is -2.39. The first-order chi connectivity index (χ1) is 6.09. The molecule has 1 aliphatic rings. The molecule has 0 saturated heterocycles. The Hall–Kier alpha value is -0.240. The summed E-state index contributed by atoms with van der Waals surface area (Å²) in [6.07, 6.45) is 4.13. The molecule has 0 bridgehead atoms. The van der Waals surface area contributed by atoms with Crippen molar-refractivity contribution in [2.45, 2.75) is 50.9 Å². The van der Waals surface area contributed by atoms with Gasteiger partial charge in [-0.25, -0.2) is 0 Å². The third-order valence-corrected chi connectivity index (χ3v) is 2.96. The molecule has 0 spiro atoms. The van der Waals surface area contributed by atoms with E-state index in [0.29, 0.717) is 11.4 Å². The van der Waals surface area contributed by atoms with E-state index in [2.05, 4.69) is 5.32 Å². The summed E-state index contributed by atoms with van der Waals surface area (Å²) in [4.78, 5) is 11.3. The zero-order valence-electron chi connectivity index (χ0n) is 8.35. The zero-order chi connectivity index (χ0) is 9.84. The zero-order valence-corrected chi connectivity index (χ0v) is 9.10. The molecule has 0 aromatic carbocycles. The molecule has 0 atom stereocenters. The second-order valence-corrected chi connectivity index (χ2v) is 4.73. The molecule has 0 aromatic heterocycles. The fraction of sp³-hybridized carbons (Fsp3) is 0.900. The lowest BCUT2D eigenvalue weighted by Gasteiger charge is -2.26. The van der Waals surface area contributed by atoms with Gasteiger partial charge in [0.05, 0.1) is 0 Å². The Balaban J connectivity index is 2.26. The van der Waals surface area contributed by atoms with Gasteiger partial charge in [0.2, 0.25) is 5.91 Å². The Morgan fingerprint density at radius 1 is 1.31 bits per heavy atom. The fourth-order valence-electron chi connectivity index (χ4n) is 1.56. The van der Waals surface area contributed by atoms with Gasteiger partial charge in [-0.3, -0.25) is 4.79 Å². The number of hydrogen-bond acceptors (Lipinski definition) is 1. The van der Waals surface area contributed by atoms with Gasteiger partial charge in [0.15, 0.2) is 0 Å². The number of nitrogens with one attached hydrogen (secondary N) is 1. The number of rotatable bonds is 2. The van der Waals surface area contributed by atoms with Gasteiger partial charge in [-0.1, -0.05) is 13.8 Å². The number of hydrogen-bond donors (Lipinski definition) is 1. The molecular formula is C10H18ClNO. The molecule has 1 rings (SSSR count). The van der Waals surface area contributed by atoms with Crippen molar-refractivity contribution in [3.05, 3.63) is 0 Å². The van der Waals surface area contributed by atoms with Crippen LogP contribution in [-0.4, -0.2) is 17.3 Å². The van der Waals surface area contributed by atoms with Crippen molar-refractivity contribution in [3.8, 4) is 0 Å². The normalized spacial score (nSPS) is 28.9. The van der Waals surface area contributed by atoms with Gasteiger partial charge < -0.3 is 5.32 Å². The highest BCUT2D eigenvalue weighted by atomic mass is 35.5. The average Bonchev–Trinajstić information content (AvgIpc) is 2.08. The summed E-state index contributed by atoms with van der Waals surface area (Å²) in [6, 6.07) is 0.366. The van der Waals surface area contributed by atoms with E-state index in [0.717, 1.165) is 25.7 Å². The summed E-state index contributed by atoms with van der Waals surface area (Å²) in [5, 5.41) is 3.37. The van der Waals surface area contributed by atoms with Crippen LogP contribution in [0.4, 0.5) is 0 Å². The highest BCUT2D eigenvalue weighted by Gasteiger charge is 2.21. The smallest absolute Gasteiger partial charge is 0.222 e. The first-order valence-electron chi connectivity index (χ1n) is 5.04. The molecule has 1 fully saturated rings. The quantitative estimate of drug-likeness (QED) is 0.686. The minimum absolute atomic E-state index is 0.0914. The molecule has 1 amide bonds. The fourth-order valence-corrected chi connectivity index (χ4v) is 1.82. The van der Waals surface area contributed by atoms with Gasteiger partial charge in [0.25, 0.3) is 0 Å². The van der Waals surface area contributed by atoms with Crippen molar-refractivity contribution in [2.75, 3.05) is 0 Å². The Bertz CT molecular complexity index is 174. The number of halogens is 1. The highest BCUT2D eigenvalue weighted by molar-refractivity contribution is 6.20. The van der Waals surface area contributed by atoms with Crippen LogP contribution in [0.2, 0.25) is 0 Å². The van der Waals surface area contributed by atoms with Crippen molar-refractivity contribution in [1.29, 1.82) is 0 Å². The van der Waals surface area contributed by atoms with Crippen molar-refractivity contribution in [1.82, 2.24) is 5.32 Å². The van der Waals surface area contributed by atoms with Crippen LogP contribution < -0.4 is 5.32 Å². The first-order valence-corrected chi connectivity index (χ1v) is 5.47. The van der Waals surface area contributed by atoms with Gasteiger partial charge >= 0.3 is 0 Å². The molecule has 76 valence electrons. The third kappa shape index (κ3) is 3.55. The van der Waals surface area contributed by atoms with Crippen LogP contribution in [0.5, 0.6) is 0 Å². The van der Waals surface area contributed by atoms with E-state index in [1.165, 1.54) is 0 Å². The summed E-state index contributed by atoms with van der Waals surface area (Å²) in [7, 11) is 0. The van der Waals surface area contributed by atoms with Crippen molar-refractivity contribution in [3.63, 3.8) is 0 Å². The maximum absolute atomic E-state index is 11.3. The van der Waals surface area contributed by atoms with Crippen molar-refractivity contribution < 1.29 is 4.79 Å². The predicted octanol–water partition coefficient (Wildman–Crippen LogP) is 2.31. The lowest BCUT2D eigenvalue weighted by molar-refractivity contribution is -0.124. The second-order valence-electron chi connectivity index (χ2n) is 4.11. The largest absolute Gasteiger partial charge is 0.353 e. The van der Waals surface area contributed by atoms with E-state index < -0.39 is 0 Å². The minimum Gasteiger partial charge on any atom is -0.353 e. The molecule has 0 unspecified atom stereocenters. The Labute approximate surface area is 85.0 Å². The molecule has 0 aromatic rings. The maximum Gasteiger partial charge on any atom is 0.222 e. The molecule has 13 heavy (non-hydrogen) atoms. The molecular weight excluding hydrogens is 186 g/mol. The van der Waals surface area contributed by atoms with Gasteiger partial charge in [0, 0.05) is 17.3 Å². The molecule has 0 radical (unpaired) electrons. The molecule has 3 heteroatoms. The summed E-state index contributed by atoms with van der Waals surface area (Å²) >= 11 is 5.97. The Morgan fingerprint density at radius 2 is 1.85 bits per heavy atom. The third-order valence-electron chi connectivity index (χ3n) is 2.53. The molecule has 2 nitrogen and oxygen atoms in total. The first kappa shape index (κ1) is 10.8. The van der Waals surface area contributed by atoms with Gasteiger partial charge in [-0.2, -0.15) is 0 Å². The van der Waals surface area contributed by atoms with Crippen LogP contribution in [0.1, 0.15) is 39.5 Å². The van der Waals surface area contributed by atoms with Crippen molar-refractivity contribution >= 4 is 17.5 Å². The van der Waals surface area contributed by atoms with Crippen LogP contribution in [-0.2, 0) is 4.79 Å². The van der Waals surface area contributed by atoms with Crippen LogP contribution >= 0.6 is 11.6 Å². The summed E-state index contributed by atoms with van der Waals surface area (Å²) in [6.45, 7) is 3.84. The van der Waals surface area contributed by atoms with E-state index in [1.54, 1.807) is 0 Å². The van der Waals surface area contributed by atoms with E-state index in [1.807, 2.05) is 13.8 Å². The summed E-state index contributed by atoms with van der Waals surface area (Å²) in [5.41, 5.74) is 0. The van der Waals surface area contributed by atoms with E-state index in [4.69, 9.17) is 11.6 Å². The van der Waals surface area contributed by atoms with Crippen LogP contribution in [0.3, 0.4) is 0 Å². The molecule has 1 aliphatic carbocycles. The van der Waals surface area contributed by atoms with Gasteiger partial charge in [-0.15, -0.1) is 11.6 Å². The minimum atomic E-state index is 0.0914. The van der Waals surface area contributed by atoms with Crippen molar-refractivity contribution in [2.24, 2.45) is 5.92 Å². The maximum atomic E-state index is 11.3. The SMILES string of the molecule is CC(C)C(=O)NC1CCC(Cl)CC1. The Morgan fingerprint density at radius 3 is 2.31 bits per heavy atom. The molecule has 0 heterocycles. The van der Waals surface area contributed by atoms with Gasteiger partial charge in [0.1, 0.15) is 0 Å². The average molecular weight is 204 g/mol. The summed E-state index contributed by atoms with van der Waals surface area (Å²) < 4.78 is 0. The highest BCUT2D eigenvalue weighted by Crippen LogP contribution is 2.22. The summed E-state index contributed by atoms with van der Waals surface area (Å²) in [5.74, 6) is 0.256. The number of amides is 1. The number of carbonyl (C=O) groups is 1. The molecule has 0 aliphatic heterocycles. The number of alkyl halides is 1. The van der Waals surface area contributed by atoms with Crippen LogP contribution in [0, 0.1) is 5.92 Å². The molecule has 1 N–H and O–H groups in total. The second kappa shape index (κ2) is 4.85.